The van der Waals surface area contributed by atoms with Gasteiger partial charge in [0.25, 0.3) is 11.6 Å². The van der Waals surface area contributed by atoms with E-state index in [0.717, 1.165) is 17.2 Å². The molecule has 0 saturated carbocycles. The molecule has 1 amide bonds. The highest BCUT2D eigenvalue weighted by molar-refractivity contribution is 7.00. The standard InChI is InChI=1S/C13H7ClN4O3S/c14-9-6-8(18(20)21)2-4-10(9)15-13(19)7-1-3-11-12(5-7)17-22-16-11/h1-6H,(H,15,19). The van der Waals surface area contributed by atoms with Gasteiger partial charge in [-0.15, -0.1) is 0 Å². The summed E-state index contributed by atoms with van der Waals surface area (Å²) in [7, 11) is 0. The predicted molar refractivity (Wildman–Crippen MR) is 83.5 cm³/mol. The number of aromatic nitrogens is 2. The van der Waals surface area contributed by atoms with Gasteiger partial charge in [0.2, 0.25) is 0 Å². The molecule has 0 aliphatic heterocycles. The molecule has 0 spiro atoms. The number of carbonyl (C=O) groups is 1. The summed E-state index contributed by atoms with van der Waals surface area (Å²) in [6.07, 6.45) is 0. The van der Waals surface area contributed by atoms with Crippen molar-refractivity contribution in [1.29, 1.82) is 0 Å². The number of rotatable bonds is 3. The van der Waals surface area contributed by atoms with E-state index in [0.29, 0.717) is 16.8 Å². The summed E-state index contributed by atoms with van der Waals surface area (Å²) in [5.41, 5.74) is 1.91. The molecule has 3 aromatic rings. The fourth-order valence-corrected chi connectivity index (χ4v) is 2.58. The van der Waals surface area contributed by atoms with E-state index < -0.39 is 4.92 Å². The average Bonchev–Trinajstić information content (AvgIpc) is 2.96. The number of nitro groups is 1. The molecule has 0 atom stereocenters. The topological polar surface area (TPSA) is 98.0 Å². The normalized spacial score (nSPS) is 10.6. The maximum absolute atomic E-state index is 12.2. The first-order valence-electron chi connectivity index (χ1n) is 6.02. The highest BCUT2D eigenvalue weighted by Gasteiger charge is 2.13. The van der Waals surface area contributed by atoms with E-state index in [2.05, 4.69) is 14.1 Å². The first kappa shape index (κ1) is 14.4. The lowest BCUT2D eigenvalue weighted by Crippen LogP contribution is -2.12. The van der Waals surface area contributed by atoms with Crippen LogP contribution in [-0.4, -0.2) is 19.6 Å². The Morgan fingerprint density at radius 3 is 2.68 bits per heavy atom. The molecule has 0 saturated heterocycles. The number of fused-ring (bicyclic) bond motifs is 1. The van der Waals surface area contributed by atoms with Crippen LogP contribution < -0.4 is 5.32 Å². The first-order chi connectivity index (χ1) is 10.5. The van der Waals surface area contributed by atoms with Crippen molar-refractivity contribution in [3.63, 3.8) is 0 Å². The van der Waals surface area contributed by atoms with Gasteiger partial charge in [0, 0.05) is 17.7 Å². The van der Waals surface area contributed by atoms with Gasteiger partial charge in [0.15, 0.2) is 0 Å². The second-order valence-corrected chi connectivity index (χ2v) is 5.28. The number of benzene rings is 2. The van der Waals surface area contributed by atoms with Gasteiger partial charge in [-0.2, -0.15) is 8.75 Å². The van der Waals surface area contributed by atoms with E-state index in [-0.39, 0.29) is 16.6 Å². The summed E-state index contributed by atoms with van der Waals surface area (Å²) in [6.45, 7) is 0. The molecule has 1 heterocycles. The van der Waals surface area contributed by atoms with Crippen LogP contribution in [0.2, 0.25) is 5.02 Å². The number of halogens is 1. The molecule has 2 aromatic carbocycles. The van der Waals surface area contributed by atoms with E-state index in [9.17, 15) is 14.9 Å². The summed E-state index contributed by atoms with van der Waals surface area (Å²) in [5, 5.41) is 13.4. The van der Waals surface area contributed by atoms with Crippen molar-refractivity contribution in [3.05, 3.63) is 57.1 Å². The molecule has 110 valence electrons. The third-order valence-electron chi connectivity index (χ3n) is 2.93. The quantitative estimate of drug-likeness (QED) is 0.583. The van der Waals surface area contributed by atoms with Gasteiger partial charge in [-0.05, 0) is 24.3 Å². The number of nitro benzene ring substituents is 1. The third kappa shape index (κ3) is 2.74. The zero-order valence-corrected chi connectivity index (χ0v) is 12.4. The molecule has 0 aliphatic rings. The maximum Gasteiger partial charge on any atom is 0.271 e. The number of nitrogens with one attached hydrogen (secondary N) is 1. The van der Waals surface area contributed by atoms with Crippen molar-refractivity contribution in [3.8, 4) is 0 Å². The van der Waals surface area contributed by atoms with E-state index in [1.54, 1.807) is 18.2 Å². The summed E-state index contributed by atoms with van der Waals surface area (Å²) < 4.78 is 8.12. The Bertz CT molecular complexity index is 896. The summed E-state index contributed by atoms with van der Waals surface area (Å²) in [6, 6.07) is 8.79. The van der Waals surface area contributed by atoms with Crippen LogP contribution >= 0.6 is 23.3 Å². The number of amides is 1. The summed E-state index contributed by atoms with van der Waals surface area (Å²) in [5.74, 6) is -0.384. The van der Waals surface area contributed by atoms with Crippen LogP contribution in [0.5, 0.6) is 0 Å². The lowest BCUT2D eigenvalue weighted by Gasteiger charge is -2.07. The lowest BCUT2D eigenvalue weighted by molar-refractivity contribution is -0.384. The van der Waals surface area contributed by atoms with Gasteiger partial charge in [0.05, 0.1) is 27.4 Å². The summed E-state index contributed by atoms with van der Waals surface area (Å²) in [4.78, 5) is 22.3. The Hall–Kier alpha value is -2.58. The Morgan fingerprint density at radius 1 is 1.18 bits per heavy atom. The highest BCUT2D eigenvalue weighted by Crippen LogP contribution is 2.27. The van der Waals surface area contributed by atoms with Gasteiger partial charge in [-0.1, -0.05) is 11.6 Å². The smallest absolute Gasteiger partial charge is 0.271 e. The molecule has 0 unspecified atom stereocenters. The van der Waals surface area contributed by atoms with Crippen molar-refractivity contribution in [1.82, 2.24) is 8.75 Å². The Balaban J connectivity index is 1.85. The van der Waals surface area contributed by atoms with E-state index in [4.69, 9.17) is 11.6 Å². The molecule has 1 aromatic heterocycles. The molecule has 0 fully saturated rings. The molecular formula is C13H7ClN4O3S. The fourth-order valence-electron chi connectivity index (χ4n) is 1.84. The minimum absolute atomic E-state index is 0.0963. The van der Waals surface area contributed by atoms with E-state index in [1.807, 2.05) is 0 Å². The average molecular weight is 335 g/mol. The zero-order valence-electron chi connectivity index (χ0n) is 10.8. The highest BCUT2D eigenvalue weighted by atomic mass is 35.5. The maximum atomic E-state index is 12.2. The molecule has 1 N–H and O–H groups in total. The van der Waals surface area contributed by atoms with Crippen LogP contribution in [0.4, 0.5) is 11.4 Å². The van der Waals surface area contributed by atoms with Crippen molar-refractivity contribution in [2.24, 2.45) is 0 Å². The van der Waals surface area contributed by atoms with Crippen molar-refractivity contribution in [2.45, 2.75) is 0 Å². The zero-order chi connectivity index (χ0) is 15.7. The number of anilines is 1. The van der Waals surface area contributed by atoms with Gasteiger partial charge in [-0.3, -0.25) is 14.9 Å². The monoisotopic (exact) mass is 334 g/mol. The van der Waals surface area contributed by atoms with Crippen LogP contribution in [0.1, 0.15) is 10.4 Å². The Morgan fingerprint density at radius 2 is 1.95 bits per heavy atom. The number of carbonyl (C=O) groups excluding carboxylic acids is 1. The van der Waals surface area contributed by atoms with Gasteiger partial charge in [0.1, 0.15) is 11.0 Å². The van der Waals surface area contributed by atoms with Crippen molar-refractivity contribution >= 4 is 51.6 Å². The first-order valence-corrected chi connectivity index (χ1v) is 7.13. The van der Waals surface area contributed by atoms with E-state index in [1.165, 1.54) is 18.2 Å². The minimum Gasteiger partial charge on any atom is -0.321 e. The molecular weight excluding hydrogens is 328 g/mol. The lowest BCUT2D eigenvalue weighted by atomic mass is 10.2. The number of hydrogen-bond acceptors (Lipinski definition) is 6. The summed E-state index contributed by atoms with van der Waals surface area (Å²) >= 11 is 7.01. The third-order valence-corrected chi connectivity index (χ3v) is 3.80. The molecule has 9 heteroatoms. The largest absolute Gasteiger partial charge is 0.321 e. The Labute approximate surface area is 133 Å². The van der Waals surface area contributed by atoms with Gasteiger partial charge >= 0.3 is 0 Å². The molecule has 0 radical (unpaired) electrons. The number of hydrogen-bond donors (Lipinski definition) is 1. The fraction of sp³-hybridized carbons (Fsp3) is 0. The van der Waals surface area contributed by atoms with Crippen LogP contribution in [0.3, 0.4) is 0 Å². The minimum atomic E-state index is -0.555. The molecule has 22 heavy (non-hydrogen) atoms. The van der Waals surface area contributed by atoms with Crippen LogP contribution in [0, 0.1) is 10.1 Å². The number of nitrogens with zero attached hydrogens (tertiary/aromatic N) is 3. The second-order valence-electron chi connectivity index (χ2n) is 4.34. The molecule has 0 bridgehead atoms. The van der Waals surface area contributed by atoms with Gasteiger partial charge < -0.3 is 5.32 Å². The van der Waals surface area contributed by atoms with Crippen LogP contribution in [0.25, 0.3) is 11.0 Å². The molecule has 0 aliphatic carbocycles. The second kappa shape index (κ2) is 5.66. The van der Waals surface area contributed by atoms with Gasteiger partial charge in [-0.25, -0.2) is 0 Å². The van der Waals surface area contributed by atoms with Crippen LogP contribution in [-0.2, 0) is 0 Å². The molecule has 7 nitrogen and oxygen atoms in total. The van der Waals surface area contributed by atoms with E-state index >= 15 is 0 Å². The van der Waals surface area contributed by atoms with Crippen molar-refractivity contribution < 1.29 is 9.72 Å². The van der Waals surface area contributed by atoms with Crippen LogP contribution in [0.15, 0.2) is 36.4 Å². The Kier molecular flexibility index (Phi) is 3.70. The number of non-ortho nitro benzene ring substituents is 1. The van der Waals surface area contributed by atoms with Crippen molar-refractivity contribution in [2.75, 3.05) is 5.32 Å². The molecule has 3 rings (SSSR count). The SMILES string of the molecule is O=C(Nc1ccc([N+](=O)[O-])cc1Cl)c1ccc2nsnc2c1. The predicted octanol–water partition coefficient (Wildman–Crippen LogP) is 3.51.